The SMILES string of the molecule is CNc1c([N+](=O)[O-])ccc[n+]1C.[O-][Cl+3]([O-])([O-])[O-]. The molecule has 0 radical (unpaired) electrons. The highest BCUT2D eigenvalue weighted by molar-refractivity contribution is 5.50. The summed E-state index contributed by atoms with van der Waals surface area (Å²) in [5.41, 5.74) is 0.0856. The summed E-state index contributed by atoms with van der Waals surface area (Å²) in [6.45, 7) is 0. The number of pyridine rings is 1. The van der Waals surface area contributed by atoms with Crippen LogP contribution in [-0.2, 0) is 7.05 Å². The molecular weight excluding hydrogens is 258 g/mol. The van der Waals surface area contributed by atoms with E-state index >= 15 is 0 Å². The van der Waals surface area contributed by atoms with Crippen molar-refractivity contribution in [3.63, 3.8) is 0 Å². The number of aromatic nitrogens is 1. The number of nitrogens with one attached hydrogen (secondary N) is 1. The van der Waals surface area contributed by atoms with Crippen LogP contribution in [0.1, 0.15) is 0 Å². The zero-order chi connectivity index (χ0) is 13.6. The van der Waals surface area contributed by atoms with Crippen LogP contribution in [0.3, 0.4) is 0 Å². The second kappa shape index (κ2) is 6.27. The zero-order valence-electron chi connectivity index (χ0n) is 8.95. The second-order valence-corrected chi connectivity index (χ2v) is 3.49. The molecule has 0 spiro atoms. The van der Waals surface area contributed by atoms with Gasteiger partial charge in [0.1, 0.15) is 0 Å². The number of anilines is 1. The predicted octanol–water partition coefficient (Wildman–Crippen LogP) is -4.29. The molecular formula is C7H10ClN3O6. The second-order valence-electron chi connectivity index (χ2n) is 2.74. The Morgan fingerprint density at radius 2 is 1.82 bits per heavy atom. The average Bonchev–Trinajstić information content (AvgIpc) is 2.14. The molecule has 0 saturated heterocycles. The Bertz CT molecular complexity index is 388. The number of halogens is 1. The van der Waals surface area contributed by atoms with Crippen molar-refractivity contribution in [2.75, 3.05) is 12.4 Å². The first-order chi connectivity index (χ1) is 7.66. The number of hydrogen-bond donors (Lipinski definition) is 1. The van der Waals surface area contributed by atoms with Crippen LogP contribution in [0.25, 0.3) is 0 Å². The van der Waals surface area contributed by atoms with E-state index in [9.17, 15) is 10.1 Å². The first-order valence-corrected chi connectivity index (χ1v) is 5.32. The highest BCUT2D eigenvalue weighted by atomic mass is 35.7. The molecule has 1 aromatic rings. The number of nitrogens with zero attached hydrogens (tertiary/aromatic N) is 2. The van der Waals surface area contributed by atoms with Gasteiger partial charge < -0.3 is 0 Å². The molecule has 0 saturated carbocycles. The van der Waals surface area contributed by atoms with Crippen molar-refractivity contribution < 1.29 is 38.4 Å². The summed E-state index contributed by atoms with van der Waals surface area (Å²) in [5.74, 6) is 0.502. The lowest BCUT2D eigenvalue weighted by atomic mass is 10.4. The van der Waals surface area contributed by atoms with E-state index in [0.717, 1.165) is 0 Å². The summed E-state index contributed by atoms with van der Waals surface area (Å²) in [7, 11) is -1.54. The number of hydrogen-bond acceptors (Lipinski definition) is 7. The molecule has 0 unspecified atom stereocenters. The first kappa shape index (κ1) is 15.5. The molecule has 0 aromatic carbocycles. The molecule has 1 heterocycles. The molecule has 0 aliphatic heterocycles. The normalized spacial score (nSPS) is 10.2. The van der Waals surface area contributed by atoms with Crippen LogP contribution in [0.15, 0.2) is 18.3 Å². The minimum absolute atomic E-state index is 0.0856. The highest BCUT2D eigenvalue weighted by Gasteiger charge is 2.19. The summed E-state index contributed by atoms with van der Waals surface area (Å²) in [4.78, 5) is 10.1. The van der Waals surface area contributed by atoms with Crippen LogP contribution in [0.2, 0.25) is 0 Å². The van der Waals surface area contributed by atoms with Crippen molar-refractivity contribution >= 4 is 11.5 Å². The summed E-state index contributed by atoms with van der Waals surface area (Å²) in [6.07, 6.45) is 1.75. The fourth-order valence-electron chi connectivity index (χ4n) is 1.05. The maximum atomic E-state index is 10.5. The molecule has 0 aliphatic carbocycles. The van der Waals surface area contributed by atoms with Gasteiger partial charge in [0.2, 0.25) is 0 Å². The van der Waals surface area contributed by atoms with E-state index in [2.05, 4.69) is 5.32 Å². The molecule has 0 atom stereocenters. The maximum absolute atomic E-state index is 10.5. The molecule has 9 nitrogen and oxygen atoms in total. The maximum Gasteiger partial charge on any atom is 0.357 e. The zero-order valence-corrected chi connectivity index (χ0v) is 9.71. The Labute approximate surface area is 98.4 Å². The Morgan fingerprint density at radius 3 is 2.12 bits per heavy atom. The Hall–Kier alpha value is -1.52. The largest absolute Gasteiger partial charge is 0.357 e. The fourth-order valence-corrected chi connectivity index (χ4v) is 1.05. The highest BCUT2D eigenvalue weighted by Crippen LogP contribution is 2.17. The van der Waals surface area contributed by atoms with Crippen LogP contribution in [0, 0.1) is 20.4 Å². The van der Waals surface area contributed by atoms with Crippen molar-refractivity contribution in [1.29, 1.82) is 0 Å². The minimum atomic E-state index is -4.94. The van der Waals surface area contributed by atoms with Gasteiger partial charge in [-0.3, -0.25) is 15.4 Å². The molecule has 1 aromatic heterocycles. The molecule has 0 aliphatic rings. The molecule has 10 heteroatoms. The minimum Gasteiger partial charge on any atom is -0.271 e. The standard InChI is InChI=1S/C7H9N3O2.ClHO4/c1-8-7-6(10(11)12)4-3-5-9(7)2;2-1(3,4)5/h3-5H,1-2H3;(H,2,3,4,5). The van der Waals surface area contributed by atoms with Crippen LogP contribution in [0.5, 0.6) is 0 Å². The summed E-state index contributed by atoms with van der Waals surface area (Å²) in [5, 5.41) is 13.3. The van der Waals surface area contributed by atoms with Gasteiger partial charge in [-0.1, -0.05) is 0 Å². The van der Waals surface area contributed by atoms with Crippen molar-refractivity contribution in [2.24, 2.45) is 7.05 Å². The van der Waals surface area contributed by atoms with Crippen molar-refractivity contribution in [3.8, 4) is 0 Å². The summed E-state index contributed by atoms with van der Waals surface area (Å²) in [6, 6.07) is 3.10. The van der Waals surface area contributed by atoms with Crippen LogP contribution >= 0.6 is 0 Å². The van der Waals surface area contributed by atoms with E-state index in [1.807, 2.05) is 0 Å². The van der Waals surface area contributed by atoms with Gasteiger partial charge in [-0.25, -0.2) is 23.2 Å². The predicted molar refractivity (Wildman–Crippen MR) is 43.8 cm³/mol. The van der Waals surface area contributed by atoms with Gasteiger partial charge in [0.05, 0.1) is 25.2 Å². The summed E-state index contributed by atoms with van der Waals surface area (Å²) < 4.78 is 35.6. The van der Waals surface area contributed by atoms with Gasteiger partial charge in [0, 0.05) is 6.07 Å². The van der Waals surface area contributed by atoms with E-state index in [1.54, 1.807) is 30.9 Å². The van der Waals surface area contributed by atoms with E-state index < -0.39 is 15.2 Å². The molecule has 1 N–H and O–H groups in total. The lowest BCUT2D eigenvalue weighted by Gasteiger charge is -2.17. The third-order valence-corrected chi connectivity index (χ3v) is 1.59. The summed E-state index contributed by atoms with van der Waals surface area (Å²) >= 11 is 0. The van der Waals surface area contributed by atoms with Crippen molar-refractivity contribution in [2.45, 2.75) is 0 Å². The van der Waals surface area contributed by atoms with Gasteiger partial charge in [0.25, 0.3) is 0 Å². The number of nitro groups is 1. The van der Waals surface area contributed by atoms with E-state index in [4.69, 9.17) is 18.6 Å². The molecule has 96 valence electrons. The smallest absolute Gasteiger partial charge is 0.271 e. The van der Waals surface area contributed by atoms with Crippen LogP contribution in [-0.4, -0.2) is 12.0 Å². The number of aryl methyl sites for hydroxylation is 1. The van der Waals surface area contributed by atoms with Crippen LogP contribution < -0.4 is 28.5 Å². The first-order valence-electron chi connectivity index (χ1n) is 4.09. The van der Waals surface area contributed by atoms with Gasteiger partial charge >= 0.3 is 11.5 Å². The quantitative estimate of drug-likeness (QED) is 0.323. The van der Waals surface area contributed by atoms with E-state index in [0.29, 0.717) is 5.82 Å². The Morgan fingerprint density at radius 1 is 1.35 bits per heavy atom. The van der Waals surface area contributed by atoms with Crippen molar-refractivity contribution in [1.82, 2.24) is 0 Å². The molecule has 0 amide bonds. The van der Waals surface area contributed by atoms with E-state index in [1.165, 1.54) is 6.07 Å². The van der Waals surface area contributed by atoms with Gasteiger partial charge in [-0.15, -0.1) is 10.2 Å². The molecule has 1 rings (SSSR count). The van der Waals surface area contributed by atoms with Gasteiger partial charge in [-0.05, 0) is 6.07 Å². The third-order valence-electron chi connectivity index (χ3n) is 1.59. The fraction of sp³-hybridized carbons (Fsp3) is 0.286. The average molecular weight is 268 g/mol. The Balaban J connectivity index is 0.000000437. The molecule has 17 heavy (non-hydrogen) atoms. The lowest BCUT2D eigenvalue weighted by molar-refractivity contribution is -2.00. The number of rotatable bonds is 2. The molecule has 0 fully saturated rings. The van der Waals surface area contributed by atoms with Crippen molar-refractivity contribution in [3.05, 3.63) is 28.4 Å². The van der Waals surface area contributed by atoms with Gasteiger partial charge in [-0.2, -0.15) is 0 Å². The van der Waals surface area contributed by atoms with E-state index in [-0.39, 0.29) is 5.69 Å². The Kier molecular flexibility index (Phi) is 5.71. The topological polar surface area (TPSA) is 151 Å². The van der Waals surface area contributed by atoms with Gasteiger partial charge in [0.15, 0.2) is 0 Å². The monoisotopic (exact) mass is 267 g/mol. The lowest BCUT2D eigenvalue weighted by Crippen LogP contribution is -2.68. The molecule has 0 bridgehead atoms. The third kappa shape index (κ3) is 6.60. The van der Waals surface area contributed by atoms with Crippen LogP contribution in [0.4, 0.5) is 11.5 Å².